The van der Waals surface area contributed by atoms with Crippen molar-refractivity contribution in [3.63, 3.8) is 0 Å². The molecule has 2 aliphatic carbocycles. The van der Waals surface area contributed by atoms with E-state index in [1.54, 1.807) is 0 Å². The van der Waals surface area contributed by atoms with Crippen molar-refractivity contribution in [2.75, 3.05) is 18.4 Å². The Morgan fingerprint density at radius 3 is 2.81 bits per heavy atom. The number of hydrogen-bond donors (Lipinski definition) is 2. The number of carbonyl (C=O) groups is 1. The summed E-state index contributed by atoms with van der Waals surface area (Å²) in [6.45, 7) is 3.88. The number of fused-ring (bicyclic) bond motifs is 2. The molecule has 3 unspecified atom stereocenters. The van der Waals surface area contributed by atoms with Crippen LogP contribution in [0.5, 0.6) is 0 Å². The van der Waals surface area contributed by atoms with Crippen molar-refractivity contribution < 1.29 is 4.79 Å². The Morgan fingerprint density at radius 1 is 1.24 bits per heavy atom. The predicted molar refractivity (Wildman–Crippen MR) is 86.5 cm³/mol. The number of para-hydroxylation sites is 1. The van der Waals surface area contributed by atoms with Gasteiger partial charge in [0.1, 0.15) is 0 Å². The molecule has 2 aliphatic rings. The van der Waals surface area contributed by atoms with Crippen LogP contribution < -0.4 is 10.6 Å². The van der Waals surface area contributed by atoms with Gasteiger partial charge in [-0.1, -0.05) is 25.5 Å². The van der Waals surface area contributed by atoms with E-state index in [0.29, 0.717) is 5.92 Å². The molecule has 1 aromatic carbocycles. The van der Waals surface area contributed by atoms with Gasteiger partial charge in [-0.15, -0.1) is 0 Å². The molecule has 0 saturated heterocycles. The van der Waals surface area contributed by atoms with Gasteiger partial charge >= 0.3 is 0 Å². The number of carbonyl (C=O) groups excluding carboxylic acids is 1. The van der Waals surface area contributed by atoms with Crippen LogP contribution in [0.2, 0.25) is 0 Å². The highest BCUT2D eigenvalue weighted by molar-refractivity contribution is 5.99. The number of nitrogens with one attached hydrogen (secondary N) is 2. The maximum absolute atomic E-state index is 12.4. The molecule has 0 aromatic heterocycles. The SMILES string of the molecule is CCCNc1ccccc1C(=O)NCC1CC2CCC1C2. The summed E-state index contributed by atoms with van der Waals surface area (Å²) in [6.07, 6.45) is 6.57. The lowest BCUT2D eigenvalue weighted by atomic mass is 9.89. The average molecular weight is 286 g/mol. The molecule has 1 amide bonds. The number of anilines is 1. The van der Waals surface area contributed by atoms with Gasteiger partial charge in [0.25, 0.3) is 5.91 Å². The normalized spacial score (nSPS) is 26.8. The lowest BCUT2D eigenvalue weighted by Crippen LogP contribution is -2.32. The van der Waals surface area contributed by atoms with Crippen molar-refractivity contribution in [2.24, 2.45) is 17.8 Å². The van der Waals surface area contributed by atoms with Gasteiger partial charge in [0, 0.05) is 18.8 Å². The molecular formula is C18H26N2O. The molecule has 21 heavy (non-hydrogen) atoms. The Bertz CT molecular complexity index is 500. The summed E-state index contributed by atoms with van der Waals surface area (Å²) < 4.78 is 0. The molecule has 0 spiro atoms. The van der Waals surface area contributed by atoms with Crippen LogP contribution in [0.25, 0.3) is 0 Å². The lowest BCUT2D eigenvalue weighted by molar-refractivity contribution is 0.0942. The van der Waals surface area contributed by atoms with E-state index < -0.39 is 0 Å². The molecular weight excluding hydrogens is 260 g/mol. The molecule has 1 aromatic rings. The highest BCUT2D eigenvalue weighted by Crippen LogP contribution is 2.47. The van der Waals surface area contributed by atoms with E-state index in [-0.39, 0.29) is 5.91 Å². The van der Waals surface area contributed by atoms with E-state index >= 15 is 0 Å². The Hall–Kier alpha value is -1.51. The zero-order valence-corrected chi connectivity index (χ0v) is 12.9. The molecule has 114 valence electrons. The third-order valence-electron chi connectivity index (χ3n) is 5.15. The van der Waals surface area contributed by atoms with Crippen LogP contribution >= 0.6 is 0 Å². The second kappa shape index (κ2) is 6.50. The van der Waals surface area contributed by atoms with Crippen LogP contribution in [-0.4, -0.2) is 19.0 Å². The lowest BCUT2D eigenvalue weighted by Gasteiger charge is -2.22. The van der Waals surface area contributed by atoms with Crippen LogP contribution in [0.3, 0.4) is 0 Å². The molecule has 3 atom stereocenters. The standard InChI is InChI=1S/C18H26N2O/c1-2-9-19-17-6-4-3-5-16(17)18(21)20-12-15-11-13-7-8-14(15)10-13/h3-6,13-15,19H,2,7-12H2,1H3,(H,20,21). The van der Waals surface area contributed by atoms with Gasteiger partial charge in [-0.05, 0) is 55.6 Å². The first-order valence-corrected chi connectivity index (χ1v) is 8.39. The van der Waals surface area contributed by atoms with Crippen molar-refractivity contribution in [1.82, 2.24) is 5.32 Å². The quantitative estimate of drug-likeness (QED) is 0.837. The minimum absolute atomic E-state index is 0.0666. The smallest absolute Gasteiger partial charge is 0.253 e. The molecule has 2 saturated carbocycles. The number of amides is 1. The Labute approximate surface area is 127 Å². The van der Waals surface area contributed by atoms with Crippen LogP contribution in [-0.2, 0) is 0 Å². The molecule has 3 rings (SSSR count). The second-order valence-electron chi connectivity index (χ2n) is 6.62. The zero-order chi connectivity index (χ0) is 14.7. The van der Waals surface area contributed by atoms with E-state index in [1.165, 1.54) is 25.7 Å². The second-order valence-corrected chi connectivity index (χ2v) is 6.62. The summed E-state index contributed by atoms with van der Waals surface area (Å²) in [7, 11) is 0. The first-order chi connectivity index (χ1) is 10.3. The van der Waals surface area contributed by atoms with Crippen LogP contribution in [0.1, 0.15) is 49.4 Å². The van der Waals surface area contributed by atoms with Crippen molar-refractivity contribution in [1.29, 1.82) is 0 Å². The van der Waals surface area contributed by atoms with Crippen LogP contribution in [0.15, 0.2) is 24.3 Å². The van der Waals surface area contributed by atoms with Crippen molar-refractivity contribution in [3.05, 3.63) is 29.8 Å². The maximum Gasteiger partial charge on any atom is 0.253 e. The highest BCUT2D eigenvalue weighted by atomic mass is 16.1. The monoisotopic (exact) mass is 286 g/mol. The van der Waals surface area contributed by atoms with Gasteiger partial charge in [0.05, 0.1) is 5.56 Å². The Balaban J connectivity index is 1.57. The average Bonchev–Trinajstić information content (AvgIpc) is 3.13. The summed E-state index contributed by atoms with van der Waals surface area (Å²) >= 11 is 0. The molecule has 3 heteroatoms. The number of benzene rings is 1. The number of hydrogen-bond acceptors (Lipinski definition) is 2. The molecule has 2 fully saturated rings. The summed E-state index contributed by atoms with van der Waals surface area (Å²) in [6, 6.07) is 7.81. The fourth-order valence-electron chi connectivity index (χ4n) is 4.04. The predicted octanol–water partition coefficient (Wildman–Crippen LogP) is 3.67. The first kappa shape index (κ1) is 14.4. The van der Waals surface area contributed by atoms with Crippen LogP contribution in [0, 0.1) is 17.8 Å². The summed E-state index contributed by atoms with van der Waals surface area (Å²) in [5.74, 6) is 2.58. The molecule has 2 bridgehead atoms. The fourth-order valence-corrected chi connectivity index (χ4v) is 4.04. The van der Waals surface area contributed by atoms with E-state index in [0.717, 1.165) is 42.6 Å². The van der Waals surface area contributed by atoms with Gasteiger partial charge in [0.2, 0.25) is 0 Å². The van der Waals surface area contributed by atoms with E-state index in [2.05, 4.69) is 17.6 Å². The minimum atomic E-state index is 0.0666. The van der Waals surface area contributed by atoms with Crippen molar-refractivity contribution in [3.8, 4) is 0 Å². The Kier molecular flexibility index (Phi) is 4.47. The van der Waals surface area contributed by atoms with Gasteiger partial charge in [-0.3, -0.25) is 4.79 Å². The summed E-state index contributed by atoms with van der Waals surface area (Å²) in [5, 5.41) is 6.50. The van der Waals surface area contributed by atoms with E-state index in [1.807, 2.05) is 24.3 Å². The topological polar surface area (TPSA) is 41.1 Å². The third-order valence-corrected chi connectivity index (χ3v) is 5.15. The van der Waals surface area contributed by atoms with E-state index in [4.69, 9.17) is 0 Å². The number of rotatable bonds is 6. The fraction of sp³-hybridized carbons (Fsp3) is 0.611. The van der Waals surface area contributed by atoms with Crippen molar-refractivity contribution in [2.45, 2.75) is 39.0 Å². The first-order valence-electron chi connectivity index (χ1n) is 8.39. The van der Waals surface area contributed by atoms with Gasteiger partial charge < -0.3 is 10.6 Å². The maximum atomic E-state index is 12.4. The molecule has 2 N–H and O–H groups in total. The summed E-state index contributed by atoms with van der Waals surface area (Å²) in [4.78, 5) is 12.4. The summed E-state index contributed by atoms with van der Waals surface area (Å²) in [5.41, 5.74) is 1.72. The molecule has 0 aliphatic heterocycles. The Morgan fingerprint density at radius 2 is 2.10 bits per heavy atom. The van der Waals surface area contributed by atoms with E-state index in [9.17, 15) is 4.79 Å². The van der Waals surface area contributed by atoms with Gasteiger partial charge in [-0.25, -0.2) is 0 Å². The van der Waals surface area contributed by atoms with Gasteiger partial charge in [0.15, 0.2) is 0 Å². The molecule has 3 nitrogen and oxygen atoms in total. The molecule has 0 heterocycles. The highest BCUT2D eigenvalue weighted by Gasteiger charge is 2.39. The van der Waals surface area contributed by atoms with Crippen LogP contribution in [0.4, 0.5) is 5.69 Å². The third kappa shape index (κ3) is 3.22. The largest absolute Gasteiger partial charge is 0.384 e. The molecule has 0 radical (unpaired) electrons. The minimum Gasteiger partial charge on any atom is -0.384 e. The van der Waals surface area contributed by atoms with Crippen molar-refractivity contribution >= 4 is 11.6 Å². The van der Waals surface area contributed by atoms with Gasteiger partial charge in [-0.2, -0.15) is 0 Å². The zero-order valence-electron chi connectivity index (χ0n) is 12.9.